The van der Waals surface area contributed by atoms with Crippen LogP contribution in [0.1, 0.15) is 6.42 Å². The van der Waals surface area contributed by atoms with Gasteiger partial charge in [0.1, 0.15) is 6.04 Å². The molecule has 3 atom stereocenters. The van der Waals surface area contributed by atoms with Crippen LogP contribution in [0.2, 0.25) is 0 Å². The number of fused-ring (bicyclic) bond motifs is 1. The third-order valence-corrected chi connectivity index (χ3v) is 2.27. The van der Waals surface area contributed by atoms with Crippen LogP contribution in [0.15, 0.2) is 0 Å². The zero-order valence-corrected chi connectivity index (χ0v) is 5.00. The van der Waals surface area contributed by atoms with Crippen molar-refractivity contribution in [2.24, 2.45) is 11.8 Å². The lowest BCUT2D eigenvalue weighted by molar-refractivity contribution is -0.139. The van der Waals surface area contributed by atoms with Crippen LogP contribution in [0.5, 0.6) is 0 Å². The Balaban J connectivity index is 2.06. The predicted molar refractivity (Wildman–Crippen MR) is 31.0 cm³/mol. The molecule has 50 valence electrons. The fourth-order valence-corrected chi connectivity index (χ4v) is 1.61. The van der Waals surface area contributed by atoms with E-state index < -0.39 is 5.97 Å². The molecule has 2 aliphatic rings. The van der Waals surface area contributed by atoms with E-state index in [4.69, 9.17) is 5.11 Å². The summed E-state index contributed by atoms with van der Waals surface area (Å²) in [5.74, 6) is 0.466. The van der Waals surface area contributed by atoms with E-state index in [1.807, 2.05) is 0 Å². The molecule has 0 aromatic rings. The number of nitrogens with one attached hydrogen (secondary N) is 1. The van der Waals surface area contributed by atoms with Crippen molar-refractivity contribution >= 4 is 5.97 Å². The van der Waals surface area contributed by atoms with Gasteiger partial charge in [-0.15, -0.1) is 0 Å². The van der Waals surface area contributed by atoms with E-state index in [1.165, 1.54) is 0 Å². The Morgan fingerprint density at radius 3 is 2.67 bits per heavy atom. The summed E-state index contributed by atoms with van der Waals surface area (Å²) >= 11 is 0. The lowest BCUT2D eigenvalue weighted by Gasteiger charge is -2.04. The van der Waals surface area contributed by atoms with E-state index in [0.29, 0.717) is 11.8 Å². The summed E-state index contributed by atoms with van der Waals surface area (Å²) in [7, 11) is 0. The predicted octanol–water partition coefficient (Wildman–Crippen LogP) is -0.321. The van der Waals surface area contributed by atoms with Crippen LogP contribution in [0.25, 0.3) is 0 Å². The summed E-state index contributed by atoms with van der Waals surface area (Å²) in [4.78, 5) is 10.4. The number of carboxylic acid groups (broad SMARTS) is 1. The van der Waals surface area contributed by atoms with E-state index in [0.717, 1.165) is 13.0 Å². The number of rotatable bonds is 1. The first-order valence-electron chi connectivity index (χ1n) is 3.25. The Kier molecular flexibility index (Phi) is 0.858. The SMILES string of the molecule is O=C(O)[C@H]1NC[C@@H]2C[C@H]21. The topological polar surface area (TPSA) is 49.3 Å². The highest BCUT2D eigenvalue weighted by Gasteiger charge is 2.51. The monoisotopic (exact) mass is 127 g/mol. The van der Waals surface area contributed by atoms with Crippen molar-refractivity contribution in [3.8, 4) is 0 Å². The number of carbonyl (C=O) groups is 1. The van der Waals surface area contributed by atoms with Crippen LogP contribution < -0.4 is 5.32 Å². The molecule has 0 spiro atoms. The third-order valence-electron chi connectivity index (χ3n) is 2.27. The summed E-state index contributed by atoms with van der Waals surface area (Å²) < 4.78 is 0. The zero-order valence-electron chi connectivity index (χ0n) is 5.00. The molecule has 0 aromatic heterocycles. The Morgan fingerprint density at radius 1 is 1.67 bits per heavy atom. The first-order valence-corrected chi connectivity index (χ1v) is 3.25. The van der Waals surface area contributed by atoms with Gasteiger partial charge in [0.15, 0.2) is 0 Å². The average molecular weight is 127 g/mol. The van der Waals surface area contributed by atoms with Crippen molar-refractivity contribution in [1.29, 1.82) is 0 Å². The fraction of sp³-hybridized carbons (Fsp3) is 0.833. The molecule has 3 heteroatoms. The summed E-state index contributed by atoms with van der Waals surface area (Å²) in [5, 5.41) is 11.5. The van der Waals surface area contributed by atoms with Crippen molar-refractivity contribution in [3.05, 3.63) is 0 Å². The molecule has 0 unspecified atom stereocenters. The highest BCUT2D eigenvalue weighted by atomic mass is 16.4. The van der Waals surface area contributed by atoms with Crippen LogP contribution in [-0.2, 0) is 4.79 Å². The molecule has 1 saturated carbocycles. The number of aliphatic carboxylic acids is 1. The molecule has 0 amide bonds. The molecule has 1 aliphatic heterocycles. The molecule has 0 radical (unpaired) electrons. The van der Waals surface area contributed by atoms with Gasteiger partial charge in [0.25, 0.3) is 0 Å². The minimum Gasteiger partial charge on any atom is -0.480 e. The fourth-order valence-electron chi connectivity index (χ4n) is 1.61. The molecule has 0 bridgehead atoms. The molecule has 3 nitrogen and oxygen atoms in total. The molecular weight excluding hydrogens is 118 g/mol. The van der Waals surface area contributed by atoms with Crippen molar-refractivity contribution in [2.75, 3.05) is 6.54 Å². The lowest BCUT2D eigenvalue weighted by atomic mass is 10.2. The second-order valence-corrected chi connectivity index (χ2v) is 2.88. The zero-order chi connectivity index (χ0) is 6.43. The van der Waals surface area contributed by atoms with Gasteiger partial charge in [-0.3, -0.25) is 4.79 Å². The largest absolute Gasteiger partial charge is 0.480 e. The van der Waals surface area contributed by atoms with Crippen LogP contribution in [0.3, 0.4) is 0 Å². The first-order chi connectivity index (χ1) is 4.29. The van der Waals surface area contributed by atoms with Gasteiger partial charge in [0.05, 0.1) is 0 Å². The normalized spacial score (nSPS) is 46.4. The second-order valence-electron chi connectivity index (χ2n) is 2.88. The van der Waals surface area contributed by atoms with Gasteiger partial charge >= 0.3 is 5.97 Å². The Bertz CT molecular complexity index is 157. The van der Waals surface area contributed by atoms with E-state index in [9.17, 15) is 4.79 Å². The molecule has 2 fully saturated rings. The van der Waals surface area contributed by atoms with E-state index in [2.05, 4.69) is 5.32 Å². The lowest BCUT2D eigenvalue weighted by Crippen LogP contribution is -2.34. The molecule has 0 aromatic carbocycles. The molecule has 1 saturated heterocycles. The number of piperidine rings is 1. The molecule has 2 rings (SSSR count). The van der Waals surface area contributed by atoms with Gasteiger partial charge in [0, 0.05) is 0 Å². The maximum atomic E-state index is 10.4. The van der Waals surface area contributed by atoms with Gasteiger partial charge < -0.3 is 10.4 Å². The molecular formula is C6H9NO2. The average Bonchev–Trinajstić information content (AvgIpc) is 2.43. The van der Waals surface area contributed by atoms with Crippen LogP contribution in [0, 0.1) is 11.8 Å². The molecule has 2 N–H and O–H groups in total. The highest BCUT2D eigenvalue weighted by Crippen LogP contribution is 2.44. The Hall–Kier alpha value is -0.570. The van der Waals surface area contributed by atoms with Gasteiger partial charge in [-0.1, -0.05) is 0 Å². The molecule has 1 heterocycles. The maximum Gasteiger partial charge on any atom is 0.320 e. The van der Waals surface area contributed by atoms with Gasteiger partial charge in [0.2, 0.25) is 0 Å². The van der Waals surface area contributed by atoms with Crippen molar-refractivity contribution in [2.45, 2.75) is 12.5 Å². The van der Waals surface area contributed by atoms with Gasteiger partial charge in [-0.25, -0.2) is 0 Å². The van der Waals surface area contributed by atoms with Crippen LogP contribution in [-0.4, -0.2) is 23.7 Å². The third kappa shape index (κ3) is 0.645. The summed E-state index contributed by atoms with van der Waals surface area (Å²) in [6.07, 6.45) is 1.13. The summed E-state index contributed by atoms with van der Waals surface area (Å²) in [6.45, 7) is 0.918. The minimum absolute atomic E-state index is 0.227. The van der Waals surface area contributed by atoms with Crippen molar-refractivity contribution in [3.63, 3.8) is 0 Å². The van der Waals surface area contributed by atoms with E-state index in [-0.39, 0.29) is 6.04 Å². The second kappa shape index (κ2) is 1.48. The summed E-state index contributed by atoms with van der Waals surface area (Å²) in [6, 6.07) is -0.227. The van der Waals surface area contributed by atoms with Crippen molar-refractivity contribution in [1.82, 2.24) is 5.32 Å². The van der Waals surface area contributed by atoms with E-state index >= 15 is 0 Å². The van der Waals surface area contributed by atoms with Crippen LogP contribution in [0.4, 0.5) is 0 Å². The Morgan fingerprint density at radius 2 is 2.44 bits per heavy atom. The van der Waals surface area contributed by atoms with Gasteiger partial charge in [-0.05, 0) is 24.8 Å². The molecule has 9 heavy (non-hydrogen) atoms. The number of carboxylic acids is 1. The van der Waals surface area contributed by atoms with Gasteiger partial charge in [-0.2, -0.15) is 0 Å². The van der Waals surface area contributed by atoms with Crippen molar-refractivity contribution < 1.29 is 9.90 Å². The minimum atomic E-state index is -0.681. The Labute approximate surface area is 53.1 Å². The number of hydrogen-bond acceptors (Lipinski definition) is 2. The summed E-state index contributed by atoms with van der Waals surface area (Å²) in [5.41, 5.74) is 0. The standard InChI is InChI=1S/C6H9NO2/c8-6(9)5-4-1-3(4)2-7-5/h3-5,7H,1-2H2,(H,8,9)/t3-,4+,5-/m0/s1. The maximum absolute atomic E-state index is 10.4. The highest BCUT2D eigenvalue weighted by molar-refractivity contribution is 5.75. The molecule has 1 aliphatic carbocycles. The smallest absolute Gasteiger partial charge is 0.320 e. The number of hydrogen-bond donors (Lipinski definition) is 2. The van der Waals surface area contributed by atoms with Crippen LogP contribution >= 0.6 is 0 Å². The van der Waals surface area contributed by atoms with E-state index in [1.54, 1.807) is 0 Å². The quantitative estimate of drug-likeness (QED) is 0.507. The first kappa shape index (κ1) is 5.23.